The molecule has 0 amide bonds. The molecule has 3 nitrogen and oxygen atoms in total. The predicted octanol–water partition coefficient (Wildman–Crippen LogP) is 2.99. The molecule has 1 fully saturated rings. The Kier molecular flexibility index (Phi) is 4.08. The van der Waals surface area contributed by atoms with Crippen LogP contribution in [0.2, 0.25) is 0 Å². The first-order chi connectivity index (χ1) is 9.74. The number of fused-ring (bicyclic) bond motifs is 1. The first kappa shape index (κ1) is 13.7. The van der Waals surface area contributed by atoms with E-state index in [0.29, 0.717) is 0 Å². The van der Waals surface area contributed by atoms with Crippen molar-refractivity contribution in [2.75, 3.05) is 13.2 Å². The summed E-state index contributed by atoms with van der Waals surface area (Å²) in [5.74, 6) is 0.722. The molecule has 1 N–H and O–H groups in total. The maximum Gasteiger partial charge on any atom is 0.0552 e. The van der Waals surface area contributed by atoms with E-state index in [1.165, 1.54) is 16.5 Å². The van der Waals surface area contributed by atoms with Gasteiger partial charge in [-0.1, -0.05) is 12.1 Å². The third-order valence-electron chi connectivity index (χ3n) is 4.22. The highest BCUT2D eigenvalue weighted by Crippen LogP contribution is 2.24. The summed E-state index contributed by atoms with van der Waals surface area (Å²) >= 11 is 0. The molecule has 1 aromatic heterocycles. The molecule has 1 aliphatic heterocycles. The Bertz CT molecular complexity index is 567. The highest BCUT2D eigenvalue weighted by atomic mass is 16.5. The van der Waals surface area contributed by atoms with Gasteiger partial charge in [0.2, 0.25) is 0 Å². The summed E-state index contributed by atoms with van der Waals surface area (Å²) in [5, 5.41) is 10.9. The van der Waals surface area contributed by atoms with E-state index < -0.39 is 0 Å². The molecule has 1 atom stereocenters. The Morgan fingerprint density at radius 3 is 2.85 bits per heavy atom. The van der Waals surface area contributed by atoms with Crippen molar-refractivity contribution in [1.29, 1.82) is 0 Å². The van der Waals surface area contributed by atoms with E-state index in [2.05, 4.69) is 35.0 Å². The number of nitrogens with zero attached hydrogens (tertiary/aromatic N) is 1. The van der Waals surface area contributed by atoms with E-state index in [9.17, 15) is 5.11 Å². The van der Waals surface area contributed by atoms with Gasteiger partial charge in [-0.05, 0) is 49.8 Å². The van der Waals surface area contributed by atoms with Crippen molar-refractivity contribution >= 4 is 10.9 Å². The van der Waals surface area contributed by atoms with Gasteiger partial charge in [-0.2, -0.15) is 0 Å². The van der Waals surface area contributed by atoms with E-state index in [4.69, 9.17) is 4.74 Å². The first-order valence-corrected chi connectivity index (χ1v) is 7.56. The number of aliphatic hydroxyl groups excluding tert-OH is 1. The topological polar surface area (TPSA) is 34.4 Å². The SMILES string of the molecule is CC(O)Cc1cccc2c1ccn2CC1CCOCC1. The molecular weight excluding hydrogens is 250 g/mol. The summed E-state index contributed by atoms with van der Waals surface area (Å²) in [6.07, 6.45) is 4.93. The van der Waals surface area contributed by atoms with Crippen LogP contribution < -0.4 is 0 Å². The lowest BCUT2D eigenvalue weighted by molar-refractivity contribution is 0.0616. The van der Waals surface area contributed by atoms with Gasteiger partial charge in [0.05, 0.1) is 6.10 Å². The zero-order chi connectivity index (χ0) is 13.9. The molecule has 2 heterocycles. The highest BCUT2D eigenvalue weighted by Gasteiger charge is 2.15. The van der Waals surface area contributed by atoms with Crippen LogP contribution in [0.4, 0.5) is 0 Å². The molecular formula is C17H23NO2. The average Bonchev–Trinajstić information content (AvgIpc) is 2.84. The molecule has 108 valence electrons. The molecule has 1 saturated heterocycles. The summed E-state index contributed by atoms with van der Waals surface area (Å²) in [6.45, 7) is 4.72. The van der Waals surface area contributed by atoms with Crippen LogP contribution in [-0.4, -0.2) is 29.0 Å². The Hall–Kier alpha value is -1.32. The van der Waals surface area contributed by atoms with Gasteiger partial charge in [-0.3, -0.25) is 0 Å². The molecule has 1 unspecified atom stereocenters. The molecule has 20 heavy (non-hydrogen) atoms. The largest absolute Gasteiger partial charge is 0.393 e. The number of hydrogen-bond donors (Lipinski definition) is 1. The maximum absolute atomic E-state index is 9.61. The zero-order valence-electron chi connectivity index (χ0n) is 12.1. The van der Waals surface area contributed by atoms with Crippen LogP contribution in [0.5, 0.6) is 0 Å². The fourth-order valence-electron chi connectivity index (χ4n) is 3.15. The van der Waals surface area contributed by atoms with Crippen LogP contribution in [-0.2, 0) is 17.7 Å². The van der Waals surface area contributed by atoms with Gasteiger partial charge in [0.25, 0.3) is 0 Å². The van der Waals surface area contributed by atoms with Crippen LogP contribution in [0.25, 0.3) is 10.9 Å². The highest BCUT2D eigenvalue weighted by molar-refractivity contribution is 5.83. The Morgan fingerprint density at radius 2 is 2.10 bits per heavy atom. The minimum Gasteiger partial charge on any atom is -0.393 e. The first-order valence-electron chi connectivity index (χ1n) is 7.56. The van der Waals surface area contributed by atoms with Gasteiger partial charge in [-0.25, -0.2) is 0 Å². The Balaban J connectivity index is 1.85. The van der Waals surface area contributed by atoms with E-state index in [-0.39, 0.29) is 6.10 Å². The quantitative estimate of drug-likeness (QED) is 0.929. The van der Waals surface area contributed by atoms with Crippen LogP contribution >= 0.6 is 0 Å². The number of ether oxygens (including phenoxy) is 1. The van der Waals surface area contributed by atoms with E-state index in [1.54, 1.807) is 0 Å². The summed E-state index contributed by atoms with van der Waals surface area (Å²) in [7, 11) is 0. The van der Waals surface area contributed by atoms with Gasteiger partial charge >= 0.3 is 0 Å². The molecule has 0 saturated carbocycles. The second-order valence-electron chi connectivity index (χ2n) is 5.93. The van der Waals surface area contributed by atoms with Crippen molar-refractivity contribution in [2.45, 2.75) is 38.8 Å². The number of aromatic nitrogens is 1. The third-order valence-corrected chi connectivity index (χ3v) is 4.22. The normalized spacial score (nSPS) is 18.5. The van der Waals surface area contributed by atoms with E-state index >= 15 is 0 Å². The van der Waals surface area contributed by atoms with Crippen LogP contribution in [0.15, 0.2) is 30.5 Å². The van der Waals surface area contributed by atoms with Crippen LogP contribution in [0.3, 0.4) is 0 Å². The van der Waals surface area contributed by atoms with Gasteiger partial charge in [0, 0.05) is 36.9 Å². The molecule has 3 heteroatoms. The van der Waals surface area contributed by atoms with Crippen molar-refractivity contribution < 1.29 is 9.84 Å². The van der Waals surface area contributed by atoms with E-state index in [1.807, 2.05) is 6.92 Å². The number of hydrogen-bond acceptors (Lipinski definition) is 2. The zero-order valence-corrected chi connectivity index (χ0v) is 12.1. The molecule has 0 radical (unpaired) electrons. The molecule has 3 rings (SSSR count). The summed E-state index contributed by atoms with van der Waals surface area (Å²) in [4.78, 5) is 0. The lowest BCUT2D eigenvalue weighted by Gasteiger charge is -2.22. The minimum absolute atomic E-state index is 0.292. The van der Waals surface area contributed by atoms with Gasteiger partial charge in [0.1, 0.15) is 0 Å². The monoisotopic (exact) mass is 273 g/mol. The lowest BCUT2D eigenvalue weighted by atomic mass is 10.00. The van der Waals surface area contributed by atoms with Crippen molar-refractivity contribution in [3.05, 3.63) is 36.0 Å². The van der Waals surface area contributed by atoms with Crippen molar-refractivity contribution in [3.8, 4) is 0 Å². The fraction of sp³-hybridized carbons (Fsp3) is 0.529. The lowest BCUT2D eigenvalue weighted by Crippen LogP contribution is -2.20. The average molecular weight is 273 g/mol. The van der Waals surface area contributed by atoms with Gasteiger partial charge in [0.15, 0.2) is 0 Å². The van der Waals surface area contributed by atoms with Crippen molar-refractivity contribution in [2.24, 2.45) is 5.92 Å². The number of benzene rings is 1. The standard InChI is InChI=1S/C17H23NO2/c1-13(19)11-15-3-2-4-17-16(15)5-8-18(17)12-14-6-9-20-10-7-14/h2-5,8,13-14,19H,6-7,9-12H2,1H3. The predicted molar refractivity (Wildman–Crippen MR) is 80.9 cm³/mol. The van der Waals surface area contributed by atoms with Crippen molar-refractivity contribution in [3.63, 3.8) is 0 Å². The van der Waals surface area contributed by atoms with Crippen LogP contribution in [0, 0.1) is 5.92 Å². The molecule has 0 spiro atoms. The summed E-state index contributed by atoms with van der Waals surface area (Å²) in [6, 6.07) is 8.58. The molecule has 1 aliphatic rings. The number of rotatable bonds is 4. The molecule has 2 aromatic rings. The van der Waals surface area contributed by atoms with Gasteiger partial charge in [-0.15, -0.1) is 0 Å². The van der Waals surface area contributed by atoms with Crippen LogP contribution in [0.1, 0.15) is 25.3 Å². The molecule has 1 aromatic carbocycles. The molecule has 0 aliphatic carbocycles. The second kappa shape index (κ2) is 5.98. The summed E-state index contributed by atoms with van der Waals surface area (Å²) in [5.41, 5.74) is 2.53. The van der Waals surface area contributed by atoms with Crippen molar-refractivity contribution in [1.82, 2.24) is 4.57 Å². The third kappa shape index (κ3) is 2.89. The second-order valence-corrected chi connectivity index (χ2v) is 5.93. The van der Waals surface area contributed by atoms with E-state index in [0.717, 1.165) is 44.9 Å². The number of aliphatic hydroxyl groups is 1. The smallest absolute Gasteiger partial charge is 0.0552 e. The molecule has 0 bridgehead atoms. The summed E-state index contributed by atoms with van der Waals surface area (Å²) < 4.78 is 7.79. The Morgan fingerprint density at radius 1 is 1.30 bits per heavy atom. The minimum atomic E-state index is -0.292. The fourth-order valence-corrected chi connectivity index (χ4v) is 3.15. The van der Waals surface area contributed by atoms with Gasteiger partial charge < -0.3 is 14.4 Å². The maximum atomic E-state index is 9.61. The Labute approximate surface area is 120 Å².